The van der Waals surface area contributed by atoms with Crippen LogP contribution in [0.2, 0.25) is 0 Å². The van der Waals surface area contributed by atoms with E-state index in [1.807, 2.05) is 7.05 Å². The van der Waals surface area contributed by atoms with Gasteiger partial charge in [-0.25, -0.2) is 14.8 Å². The van der Waals surface area contributed by atoms with Gasteiger partial charge < -0.3 is 10.0 Å². The summed E-state index contributed by atoms with van der Waals surface area (Å²) in [5.74, 6) is 0.474. The SMILES string of the molecule is CN(CC1CCCC1)c1ncc(/C=C/C(=O)O)cn1. The normalized spacial score (nSPS) is 16.1. The summed E-state index contributed by atoms with van der Waals surface area (Å²) in [4.78, 5) is 21.0. The molecule has 1 N–H and O–H groups in total. The van der Waals surface area contributed by atoms with Crippen molar-refractivity contribution in [2.75, 3.05) is 18.5 Å². The van der Waals surface area contributed by atoms with Gasteiger partial charge in [0.05, 0.1) is 0 Å². The van der Waals surface area contributed by atoms with E-state index in [-0.39, 0.29) is 0 Å². The standard InChI is InChI=1S/C14H19N3O2/c1-17(10-11-4-2-3-5-11)14-15-8-12(9-16-14)6-7-13(18)19/h6-9,11H,2-5,10H2,1H3,(H,18,19)/b7-6+. The second kappa shape index (κ2) is 6.31. The number of hydrogen-bond acceptors (Lipinski definition) is 4. The average molecular weight is 261 g/mol. The van der Waals surface area contributed by atoms with E-state index >= 15 is 0 Å². The first-order valence-corrected chi connectivity index (χ1v) is 6.59. The van der Waals surface area contributed by atoms with E-state index in [4.69, 9.17) is 5.11 Å². The molecular formula is C14H19N3O2. The highest BCUT2D eigenvalue weighted by molar-refractivity contribution is 5.85. The van der Waals surface area contributed by atoms with Crippen molar-refractivity contribution in [3.63, 3.8) is 0 Å². The fourth-order valence-electron chi connectivity index (χ4n) is 2.44. The van der Waals surface area contributed by atoms with Crippen LogP contribution in [0.1, 0.15) is 31.2 Å². The molecule has 0 bridgehead atoms. The quantitative estimate of drug-likeness (QED) is 0.823. The number of anilines is 1. The van der Waals surface area contributed by atoms with Crippen LogP contribution in [0.25, 0.3) is 6.08 Å². The van der Waals surface area contributed by atoms with Crippen LogP contribution in [0.5, 0.6) is 0 Å². The van der Waals surface area contributed by atoms with Crippen molar-refractivity contribution in [2.24, 2.45) is 5.92 Å². The van der Waals surface area contributed by atoms with Gasteiger partial charge in [-0.3, -0.25) is 0 Å². The van der Waals surface area contributed by atoms with Crippen LogP contribution in [0.3, 0.4) is 0 Å². The molecule has 1 aromatic rings. The van der Waals surface area contributed by atoms with E-state index in [0.29, 0.717) is 11.5 Å². The van der Waals surface area contributed by atoms with Gasteiger partial charge in [0, 0.05) is 37.6 Å². The van der Waals surface area contributed by atoms with Crippen molar-refractivity contribution >= 4 is 18.0 Å². The number of hydrogen-bond donors (Lipinski definition) is 1. The van der Waals surface area contributed by atoms with Crippen molar-refractivity contribution in [1.82, 2.24) is 9.97 Å². The van der Waals surface area contributed by atoms with Crippen molar-refractivity contribution in [2.45, 2.75) is 25.7 Å². The van der Waals surface area contributed by atoms with Crippen molar-refractivity contribution < 1.29 is 9.90 Å². The molecule has 0 radical (unpaired) electrons. The number of carboxylic acid groups (broad SMARTS) is 1. The van der Waals surface area contributed by atoms with Gasteiger partial charge in [-0.05, 0) is 24.8 Å². The number of carbonyl (C=O) groups is 1. The number of aromatic nitrogens is 2. The smallest absolute Gasteiger partial charge is 0.328 e. The molecule has 1 fully saturated rings. The lowest BCUT2D eigenvalue weighted by Gasteiger charge is -2.20. The Morgan fingerprint density at radius 2 is 2.05 bits per heavy atom. The third-order valence-corrected chi connectivity index (χ3v) is 3.42. The van der Waals surface area contributed by atoms with Crippen molar-refractivity contribution in [3.05, 3.63) is 24.0 Å². The van der Waals surface area contributed by atoms with Crippen molar-refractivity contribution in [1.29, 1.82) is 0 Å². The van der Waals surface area contributed by atoms with Crippen LogP contribution in [0.4, 0.5) is 5.95 Å². The average Bonchev–Trinajstić information content (AvgIpc) is 2.89. The monoisotopic (exact) mass is 261 g/mol. The lowest BCUT2D eigenvalue weighted by molar-refractivity contribution is -0.131. The molecule has 1 aliphatic rings. The molecule has 0 aromatic carbocycles. The van der Waals surface area contributed by atoms with Gasteiger partial charge >= 0.3 is 5.97 Å². The van der Waals surface area contributed by atoms with Gasteiger partial charge in [0.2, 0.25) is 5.95 Å². The van der Waals surface area contributed by atoms with Crippen LogP contribution < -0.4 is 4.90 Å². The summed E-state index contributed by atoms with van der Waals surface area (Å²) in [5, 5.41) is 8.54. The number of aliphatic carboxylic acids is 1. The minimum Gasteiger partial charge on any atom is -0.478 e. The molecule has 19 heavy (non-hydrogen) atoms. The molecule has 1 aliphatic carbocycles. The topological polar surface area (TPSA) is 66.3 Å². The number of nitrogens with zero attached hydrogens (tertiary/aromatic N) is 3. The zero-order chi connectivity index (χ0) is 13.7. The van der Waals surface area contributed by atoms with Crippen LogP contribution in [-0.4, -0.2) is 34.6 Å². The minimum atomic E-state index is -0.970. The highest BCUT2D eigenvalue weighted by atomic mass is 16.4. The highest BCUT2D eigenvalue weighted by Gasteiger charge is 2.17. The molecule has 5 nitrogen and oxygen atoms in total. The van der Waals surface area contributed by atoms with Gasteiger partial charge in [0.25, 0.3) is 0 Å². The van der Waals surface area contributed by atoms with E-state index in [9.17, 15) is 4.79 Å². The summed E-state index contributed by atoms with van der Waals surface area (Å²) in [7, 11) is 2.00. The molecule has 5 heteroatoms. The van der Waals surface area contributed by atoms with Crippen LogP contribution in [0.15, 0.2) is 18.5 Å². The van der Waals surface area contributed by atoms with E-state index in [2.05, 4.69) is 14.9 Å². The lowest BCUT2D eigenvalue weighted by Crippen LogP contribution is -2.25. The Morgan fingerprint density at radius 1 is 1.42 bits per heavy atom. The van der Waals surface area contributed by atoms with Crippen LogP contribution in [0, 0.1) is 5.92 Å². The summed E-state index contributed by atoms with van der Waals surface area (Å²) in [6.45, 7) is 0.990. The van der Waals surface area contributed by atoms with E-state index in [1.54, 1.807) is 12.4 Å². The molecule has 0 amide bonds. The number of rotatable bonds is 5. The first-order chi connectivity index (χ1) is 9.15. The molecule has 0 spiro atoms. The Kier molecular flexibility index (Phi) is 4.49. The molecule has 1 saturated carbocycles. The van der Waals surface area contributed by atoms with Gasteiger partial charge in [0.1, 0.15) is 0 Å². The lowest BCUT2D eigenvalue weighted by atomic mass is 10.1. The second-order valence-corrected chi connectivity index (χ2v) is 5.02. The Hall–Kier alpha value is -1.91. The maximum Gasteiger partial charge on any atom is 0.328 e. The molecule has 0 unspecified atom stereocenters. The molecule has 1 heterocycles. The summed E-state index contributed by atoms with van der Waals surface area (Å²) in [6.07, 6.45) is 11.1. The predicted molar refractivity (Wildman–Crippen MR) is 73.9 cm³/mol. The van der Waals surface area contributed by atoms with Crippen LogP contribution >= 0.6 is 0 Å². The molecule has 102 valence electrons. The molecule has 2 rings (SSSR count). The molecular weight excluding hydrogens is 242 g/mol. The molecule has 0 saturated heterocycles. The Labute approximate surface area is 113 Å². The Balaban J connectivity index is 1.95. The third-order valence-electron chi connectivity index (χ3n) is 3.42. The molecule has 0 atom stereocenters. The number of carboxylic acids is 1. The zero-order valence-corrected chi connectivity index (χ0v) is 11.1. The van der Waals surface area contributed by atoms with E-state index in [1.165, 1.54) is 31.8 Å². The van der Waals surface area contributed by atoms with Gasteiger partial charge in [-0.15, -0.1) is 0 Å². The second-order valence-electron chi connectivity index (χ2n) is 5.02. The first-order valence-electron chi connectivity index (χ1n) is 6.59. The maximum absolute atomic E-state index is 10.4. The predicted octanol–water partition coefficient (Wildman–Crippen LogP) is 2.20. The zero-order valence-electron chi connectivity index (χ0n) is 11.1. The largest absolute Gasteiger partial charge is 0.478 e. The van der Waals surface area contributed by atoms with Crippen LogP contribution in [-0.2, 0) is 4.79 Å². The minimum absolute atomic E-state index is 0.694. The van der Waals surface area contributed by atoms with E-state index < -0.39 is 5.97 Å². The highest BCUT2D eigenvalue weighted by Crippen LogP contribution is 2.25. The summed E-state index contributed by atoms with van der Waals surface area (Å²) in [5.41, 5.74) is 0.695. The fraction of sp³-hybridized carbons (Fsp3) is 0.500. The molecule has 0 aliphatic heterocycles. The van der Waals surface area contributed by atoms with Gasteiger partial charge in [-0.1, -0.05) is 12.8 Å². The van der Waals surface area contributed by atoms with Gasteiger partial charge in [-0.2, -0.15) is 0 Å². The molecule has 1 aromatic heterocycles. The van der Waals surface area contributed by atoms with Gasteiger partial charge in [0.15, 0.2) is 0 Å². The maximum atomic E-state index is 10.4. The Morgan fingerprint density at radius 3 is 2.63 bits per heavy atom. The Bertz CT molecular complexity index is 450. The summed E-state index contributed by atoms with van der Waals surface area (Å²) >= 11 is 0. The van der Waals surface area contributed by atoms with E-state index in [0.717, 1.165) is 18.5 Å². The first kappa shape index (κ1) is 13.5. The fourth-order valence-corrected chi connectivity index (χ4v) is 2.44. The summed E-state index contributed by atoms with van der Waals surface area (Å²) in [6, 6.07) is 0. The summed E-state index contributed by atoms with van der Waals surface area (Å²) < 4.78 is 0. The van der Waals surface area contributed by atoms with Crippen molar-refractivity contribution in [3.8, 4) is 0 Å². The third kappa shape index (κ3) is 4.05.